The van der Waals surface area contributed by atoms with Gasteiger partial charge in [-0.15, -0.1) is 0 Å². The minimum absolute atomic E-state index is 0.165. The molecule has 0 heterocycles. The van der Waals surface area contributed by atoms with Gasteiger partial charge in [0.2, 0.25) is 11.8 Å². The zero-order chi connectivity index (χ0) is 26.3. The lowest BCUT2D eigenvalue weighted by atomic mass is 9.99. The van der Waals surface area contributed by atoms with Crippen molar-refractivity contribution >= 4 is 17.5 Å². The van der Waals surface area contributed by atoms with Gasteiger partial charge in [0, 0.05) is 35.7 Å². The lowest BCUT2D eigenvalue weighted by Crippen LogP contribution is -2.54. The highest BCUT2D eigenvalue weighted by molar-refractivity contribution is 5.89. The smallest absolute Gasteiger partial charge is 0.273 e. The van der Waals surface area contributed by atoms with Gasteiger partial charge >= 0.3 is 0 Å². The molecule has 7 nitrogen and oxygen atoms in total. The van der Waals surface area contributed by atoms with Crippen LogP contribution in [0.25, 0.3) is 0 Å². The van der Waals surface area contributed by atoms with E-state index < -0.39 is 34.1 Å². The van der Waals surface area contributed by atoms with E-state index in [2.05, 4.69) is 5.32 Å². The van der Waals surface area contributed by atoms with E-state index in [9.17, 15) is 24.1 Å². The van der Waals surface area contributed by atoms with Crippen molar-refractivity contribution < 1.29 is 18.9 Å². The third kappa shape index (κ3) is 7.21. The van der Waals surface area contributed by atoms with E-state index >= 15 is 0 Å². The van der Waals surface area contributed by atoms with Crippen molar-refractivity contribution in [3.8, 4) is 0 Å². The molecule has 3 rings (SSSR count). The van der Waals surface area contributed by atoms with Gasteiger partial charge in [-0.1, -0.05) is 66.7 Å². The van der Waals surface area contributed by atoms with Crippen LogP contribution in [0.4, 0.5) is 10.1 Å². The van der Waals surface area contributed by atoms with Gasteiger partial charge in [0.15, 0.2) is 0 Å². The van der Waals surface area contributed by atoms with Gasteiger partial charge in [-0.25, -0.2) is 4.39 Å². The first-order valence-corrected chi connectivity index (χ1v) is 11.7. The van der Waals surface area contributed by atoms with Crippen molar-refractivity contribution in [3.63, 3.8) is 0 Å². The Kier molecular flexibility index (Phi) is 8.53. The van der Waals surface area contributed by atoms with Gasteiger partial charge in [-0.3, -0.25) is 19.7 Å². The molecule has 2 amide bonds. The maximum absolute atomic E-state index is 14.6. The minimum Gasteiger partial charge on any atom is -0.350 e. The number of para-hydroxylation sites is 1. The standard InChI is InChI=1S/C28H30FN3O4/c1-28(2,3)30-27(34)25(17-20-11-5-4-6-12-20)31(19-22-14-7-9-15-23(22)29)26(33)18-21-13-8-10-16-24(21)32(35)36/h4-16,25H,17-19H2,1-3H3,(H,30,34). The summed E-state index contributed by atoms with van der Waals surface area (Å²) in [6.07, 6.45) is -0.112. The van der Waals surface area contributed by atoms with Crippen LogP contribution in [0.2, 0.25) is 0 Å². The molecule has 8 heteroatoms. The molecule has 1 atom stereocenters. The van der Waals surface area contributed by atoms with Crippen LogP contribution in [-0.4, -0.2) is 33.2 Å². The van der Waals surface area contributed by atoms with Crippen LogP contribution in [0, 0.1) is 15.9 Å². The van der Waals surface area contributed by atoms with Crippen LogP contribution in [0.15, 0.2) is 78.9 Å². The van der Waals surface area contributed by atoms with E-state index in [0.29, 0.717) is 0 Å². The average molecular weight is 492 g/mol. The van der Waals surface area contributed by atoms with Crippen LogP contribution in [0.5, 0.6) is 0 Å². The molecule has 36 heavy (non-hydrogen) atoms. The Bertz CT molecular complexity index is 1220. The highest BCUT2D eigenvalue weighted by Gasteiger charge is 2.33. The molecule has 1 N–H and O–H groups in total. The molecule has 188 valence electrons. The Morgan fingerprint density at radius 3 is 2.14 bits per heavy atom. The predicted molar refractivity (Wildman–Crippen MR) is 136 cm³/mol. The van der Waals surface area contributed by atoms with E-state index in [-0.39, 0.29) is 36.2 Å². The van der Waals surface area contributed by atoms with Crippen molar-refractivity contribution in [2.75, 3.05) is 0 Å². The number of hydrogen-bond donors (Lipinski definition) is 1. The largest absolute Gasteiger partial charge is 0.350 e. The second-order valence-corrected chi connectivity index (χ2v) is 9.62. The van der Waals surface area contributed by atoms with Crippen LogP contribution in [0.1, 0.15) is 37.5 Å². The molecular formula is C28H30FN3O4. The minimum atomic E-state index is -0.971. The first-order chi connectivity index (χ1) is 17.0. The van der Waals surface area contributed by atoms with Crippen molar-refractivity contribution in [3.05, 3.63) is 111 Å². The number of carbonyl (C=O) groups excluding carboxylic acids is 2. The number of nitrogens with zero attached hydrogens (tertiary/aromatic N) is 2. The summed E-state index contributed by atoms with van der Waals surface area (Å²) in [5, 5.41) is 14.4. The zero-order valence-corrected chi connectivity index (χ0v) is 20.6. The number of halogens is 1. The van der Waals surface area contributed by atoms with Gasteiger partial charge in [-0.2, -0.15) is 0 Å². The van der Waals surface area contributed by atoms with Crippen LogP contribution >= 0.6 is 0 Å². The SMILES string of the molecule is CC(C)(C)NC(=O)C(Cc1ccccc1)N(Cc1ccccc1F)C(=O)Cc1ccccc1[N+](=O)[O-]. The molecule has 0 aromatic heterocycles. The normalized spacial score (nSPS) is 12.0. The van der Waals surface area contributed by atoms with E-state index in [1.165, 1.54) is 29.2 Å². The maximum atomic E-state index is 14.6. The summed E-state index contributed by atoms with van der Waals surface area (Å²) >= 11 is 0. The molecule has 3 aromatic rings. The second kappa shape index (κ2) is 11.6. The lowest BCUT2D eigenvalue weighted by Gasteiger charge is -2.34. The molecule has 0 saturated heterocycles. The lowest BCUT2D eigenvalue weighted by molar-refractivity contribution is -0.385. The average Bonchev–Trinajstić information content (AvgIpc) is 2.82. The van der Waals surface area contributed by atoms with Gasteiger partial charge in [0.25, 0.3) is 5.69 Å². The van der Waals surface area contributed by atoms with E-state index in [4.69, 9.17) is 0 Å². The summed E-state index contributed by atoms with van der Waals surface area (Å²) in [5.74, 6) is -1.41. The van der Waals surface area contributed by atoms with Crippen molar-refractivity contribution in [2.45, 2.75) is 51.7 Å². The molecule has 0 saturated carbocycles. The molecular weight excluding hydrogens is 461 g/mol. The molecule has 0 aliphatic rings. The topological polar surface area (TPSA) is 92.6 Å². The monoisotopic (exact) mass is 491 g/mol. The van der Waals surface area contributed by atoms with Crippen LogP contribution < -0.4 is 5.32 Å². The van der Waals surface area contributed by atoms with Gasteiger partial charge in [0.1, 0.15) is 11.9 Å². The second-order valence-electron chi connectivity index (χ2n) is 9.62. The van der Waals surface area contributed by atoms with E-state index in [0.717, 1.165) is 5.56 Å². The highest BCUT2D eigenvalue weighted by atomic mass is 19.1. The van der Waals surface area contributed by atoms with Crippen molar-refractivity contribution in [1.82, 2.24) is 10.2 Å². The summed E-state index contributed by atoms with van der Waals surface area (Å²) in [4.78, 5) is 39.5. The molecule has 0 spiro atoms. The Balaban J connectivity index is 2.05. The fraction of sp³-hybridized carbons (Fsp3) is 0.286. The summed E-state index contributed by atoms with van der Waals surface area (Å²) in [6, 6.07) is 20.3. The number of benzene rings is 3. The third-order valence-corrected chi connectivity index (χ3v) is 5.60. The summed E-state index contributed by atoms with van der Waals surface area (Å²) in [7, 11) is 0. The summed E-state index contributed by atoms with van der Waals surface area (Å²) in [6.45, 7) is 5.34. The third-order valence-electron chi connectivity index (χ3n) is 5.60. The van der Waals surface area contributed by atoms with Crippen LogP contribution in [0.3, 0.4) is 0 Å². The Morgan fingerprint density at radius 1 is 0.944 bits per heavy atom. The summed E-state index contributed by atoms with van der Waals surface area (Å²) in [5.41, 5.74) is 0.534. The molecule has 0 radical (unpaired) electrons. The van der Waals surface area contributed by atoms with E-state index in [1.807, 2.05) is 51.1 Å². The van der Waals surface area contributed by atoms with E-state index in [1.54, 1.807) is 24.3 Å². The molecule has 0 fully saturated rings. The molecule has 0 bridgehead atoms. The maximum Gasteiger partial charge on any atom is 0.273 e. The van der Waals surface area contributed by atoms with Crippen molar-refractivity contribution in [1.29, 1.82) is 0 Å². The number of rotatable bonds is 9. The predicted octanol–water partition coefficient (Wildman–Crippen LogP) is 4.83. The van der Waals surface area contributed by atoms with Crippen molar-refractivity contribution in [2.24, 2.45) is 0 Å². The number of nitrogens with one attached hydrogen (secondary N) is 1. The zero-order valence-electron chi connectivity index (χ0n) is 20.6. The first-order valence-electron chi connectivity index (χ1n) is 11.7. The Labute approximate surface area is 210 Å². The number of carbonyl (C=O) groups is 2. The van der Waals surface area contributed by atoms with Crippen LogP contribution in [-0.2, 0) is 29.0 Å². The number of nitro benzene ring substituents is 1. The number of nitro groups is 1. The molecule has 0 aliphatic carbocycles. The Hall–Kier alpha value is -4.07. The fourth-order valence-electron chi connectivity index (χ4n) is 3.92. The first kappa shape index (κ1) is 26.5. The highest BCUT2D eigenvalue weighted by Crippen LogP contribution is 2.22. The molecule has 1 unspecified atom stereocenters. The number of hydrogen-bond acceptors (Lipinski definition) is 4. The fourth-order valence-corrected chi connectivity index (χ4v) is 3.92. The quantitative estimate of drug-likeness (QED) is 0.343. The van der Waals surface area contributed by atoms with Gasteiger partial charge < -0.3 is 10.2 Å². The van der Waals surface area contributed by atoms with Gasteiger partial charge in [0.05, 0.1) is 11.3 Å². The summed E-state index contributed by atoms with van der Waals surface area (Å²) < 4.78 is 14.6. The molecule has 3 aromatic carbocycles. The molecule has 0 aliphatic heterocycles. The van der Waals surface area contributed by atoms with Gasteiger partial charge in [-0.05, 0) is 32.4 Å². The number of amides is 2. The Morgan fingerprint density at radius 2 is 1.53 bits per heavy atom.